The number of likely N-dealkylation sites (N-methyl/N-ethyl adjacent to an activating group) is 1. The van der Waals surface area contributed by atoms with Crippen molar-refractivity contribution in [3.63, 3.8) is 0 Å². The van der Waals surface area contributed by atoms with Crippen LogP contribution in [0, 0.1) is 6.92 Å². The van der Waals surface area contributed by atoms with Crippen molar-refractivity contribution < 1.29 is 4.74 Å². The summed E-state index contributed by atoms with van der Waals surface area (Å²) in [7, 11) is 1.98. The SMILES string of the molecule is CNCCc1ccc(OCc2ccccc2)cc1C. The van der Waals surface area contributed by atoms with Gasteiger partial charge in [0.25, 0.3) is 0 Å². The molecule has 2 heteroatoms. The molecule has 19 heavy (non-hydrogen) atoms. The summed E-state index contributed by atoms with van der Waals surface area (Å²) in [6.45, 7) is 3.77. The van der Waals surface area contributed by atoms with Crippen LogP contribution >= 0.6 is 0 Å². The molecule has 100 valence electrons. The van der Waals surface area contributed by atoms with E-state index in [1.54, 1.807) is 0 Å². The van der Waals surface area contributed by atoms with E-state index in [2.05, 4.69) is 42.6 Å². The lowest BCUT2D eigenvalue weighted by Crippen LogP contribution is -2.11. The largest absolute Gasteiger partial charge is 0.489 e. The van der Waals surface area contributed by atoms with Crippen LogP contribution in [0.3, 0.4) is 0 Å². The molecule has 1 N–H and O–H groups in total. The average Bonchev–Trinajstić information content (AvgIpc) is 2.45. The van der Waals surface area contributed by atoms with Crippen LogP contribution in [0.1, 0.15) is 16.7 Å². The summed E-state index contributed by atoms with van der Waals surface area (Å²) in [4.78, 5) is 0. The minimum atomic E-state index is 0.621. The zero-order chi connectivity index (χ0) is 13.5. The van der Waals surface area contributed by atoms with Gasteiger partial charge in [0.1, 0.15) is 12.4 Å². The Morgan fingerprint density at radius 2 is 1.84 bits per heavy atom. The summed E-state index contributed by atoms with van der Waals surface area (Å²) >= 11 is 0. The highest BCUT2D eigenvalue weighted by Crippen LogP contribution is 2.18. The van der Waals surface area contributed by atoms with Crippen LogP contribution in [0.2, 0.25) is 0 Å². The number of hydrogen-bond donors (Lipinski definition) is 1. The predicted molar refractivity (Wildman–Crippen MR) is 79.6 cm³/mol. The molecule has 0 bridgehead atoms. The van der Waals surface area contributed by atoms with E-state index in [0.29, 0.717) is 6.61 Å². The molecule has 0 aromatic heterocycles. The average molecular weight is 255 g/mol. The number of rotatable bonds is 6. The van der Waals surface area contributed by atoms with Crippen LogP contribution in [-0.4, -0.2) is 13.6 Å². The molecule has 0 radical (unpaired) electrons. The lowest BCUT2D eigenvalue weighted by molar-refractivity contribution is 0.306. The lowest BCUT2D eigenvalue weighted by atomic mass is 10.1. The molecular formula is C17H21NO. The zero-order valence-electron chi connectivity index (χ0n) is 11.6. The quantitative estimate of drug-likeness (QED) is 0.855. The van der Waals surface area contributed by atoms with Gasteiger partial charge in [-0.25, -0.2) is 0 Å². The van der Waals surface area contributed by atoms with Crippen molar-refractivity contribution in [2.75, 3.05) is 13.6 Å². The Labute approximate surface area is 115 Å². The normalized spacial score (nSPS) is 10.4. The Morgan fingerprint density at radius 3 is 2.53 bits per heavy atom. The van der Waals surface area contributed by atoms with E-state index >= 15 is 0 Å². The maximum Gasteiger partial charge on any atom is 0.120 e. The van der Waals surface area contributed by atoms with E-state index in [1.165, 1.54) is 16.7 Å². The smallest absolute Gasteiger partial charge is 0.120 e. The van der Waals surface area contributed by atoms with Gasteiger partial charge in [-0.3, -0.25) is 0 Å². The van der Waals surface area contributed by atoms with Gasteiger partial charge in [0.2, 0.25) is 0 Å². The third-order valence-corrected chi connectivity index (χ3v) is 3.21. The lowest BCUT2D eigenvalue weighted by Gasteiger charge is -2.10. The Balaban J connectivity index is 1.96. The van der Waals surface area contributed by atoms with Crippen LogP contribution in [-0.2, 0) is 13.0 Å². The molecule has 2 rings (SSSR count). The van der Waals surface area contributed by atoms with Gasteiger partial charge < -0.3 is 10.1 Å². The molecule has 0 aliphatic heterocycles. The van der Waals surface area contributed by atoms with Gasteiger partial charge in [0.05, 0.1) is 0 Å². The number of aryl methyl sites for hydroxylation is 1. The first-order chi connectivity index (χ1) is 9.29. The molecule has 0 aliphatic carbocycles. The van der Waals surface area contributed by atoms with Gasteiger partial charge in [-0.1, -0.05) is 36.4 Å². The highest BCUT2D eigenvalue weighted by Gasteiger charge is 2.01. The Morgan fingerprint density at radius 1 is 1.05 bits per heavy atom. The molecule has 0 atom stereocenters. The molecule has 0 aliphatic rings. The minimum Gasteiger partial charge on any atom is -0.489 e. The Hall–Kier alpha value is -1.80. The van der Waals surface area contributed by atoms with Gasteiger partial charge in [0.15, 0.2) is 0 Å². The molecule has 2 aromatic carbocycles. The van der Waals surface area contributed by atoms with Crippen LogP contribution in [0.5, 0.6) is 5.75 Å². The van der Waals surface area contributed by atoms with Crippen molar-refractivity contribution in [1.29, 1.82) is 0 Å². The molecule has 2 aromatic rings. The van der Waals surface area contributed by atoms with Crippen molar-refractivity contribution in [2.24, 2.45) is 0 Å². The first kappa shape index (κ1) is 13.6. The third kappa shape index (κ3) is 4.11. The predicted octanol–water partition coefficient (Wildman–Crippen LogP) is 3.34. The van der Waals surface area contributed by atoms with Crippen LogP contribution < -0.4 is 10.1 Å². The summed E-state index contributed by atoms with van der Waals surface area (Å²) < 4.78 is 5.82. The molecule has 2 nitrogen and oxygen atoms in total. The van der Waals surface area contributed by atoms with E-state index in [4.69, 9.17) is 4.74 Å². The maximum atomic E-state index is 5.82. The molecule has 0 heterocycles. The Bertz CT molecular complexity index is 508. The van der Waals surface area contributed by atoms with Gasteiger partial charge in [-0.2, -0.15) is 0 Å². The van der Waals surface area contributed by atoms with Crippen LogP contribution in [0.4, 0.5) is 0 Å². The first-order valence-corrected chi connectivity index (χ1v) is 6.70. The summed E-state index contributed by atoms with van der Waals surface area (Å²) in [5.41, 5.74) is 3.86. The van der Waals surface area contributed by atoms with E-state index in [0.717, 1.165) is 18.7 Å². The maximum absolute atomic E-state index is 5.82. The fourth-order valence-electron chi connectivity index (χ4n) is 2.04. The fourth-order valence-corrected chi connectivity index (χ4v) is 2.04. The third-order valence-electron chi connectivity index (χ3n) is 3.21. The highest BCUT2D eigenvalue weighted by molar-refractivity contribution is 5.35. The van der Waals surface area contributed by atoms with E-state index in [-0.39, 0.29) is 0 Å². The standard InChI is InChI=1S/C17H21NO/c1-14-12-17(9-8-16(14)10-11-18-2)19-13-15-6-4-3-5-7-15/h3-9,12,18H,10-11,13H2,1-2H3. The topological polar surface area (TPSA) is 21.3 Å². The van der Waals surface area contributed by atoms with Gasteiger partial charge in [-0.05, 0) is 55.8 Å². The van der Waals surface area contributed by atoms with Crippen molar-refractivity contribution >= 4 is 0 Å². The summed E-state index contributed by atoms with van der Waals surface area (Å²) in [6.07, 6.45) is 1.06. The van der Waals surface area contributed by atoms with Gasteiger partial charge in [-0.15, -0.1) is 0 Å². The van der Waals surface area contributed by atoms with Crippen molar-refractivity contribution in [2.45, 2.75) is 20.0 Å². The molecule has 0 fully saturated rings. The zero-order valence-corrected chi connectivity index (χ0v) is 11.6. The number of benzene rings is 2. The Kier molecular flexibility index (Phi) is 4.99. The highest BCUT2D eigenvalue weighted by atomic mass is 16.5. The number of nitrogens with one attached hydrogen (secondary N) is 1. The summed E-state index contributed by atoms with van der Waals surface area (Å²) in [5.74, 6) is 0.939. The molecule has 0 saturated heterocycles. The summed E-state index contributed by atoms with van der Waals surface area (Å²) in [5, 5.41) is 3.17. The first-order valence-electron chi connectivity index (χ1n) is 6.70. The van der Waals surface area contributed by atoms with E-state index in [1.807, 2.05) is 25.2 Å². The molecule has 0 amide bonds. The number of hydrogen-bond acceptors (Lipinski definition) is 2. The van der Waals surface area contributed by atoms with E-state index < -0.39 is 0 Å². The van der Waals surface area contributed by atoms with Crippen molar-refractivity contribution in [3.8, 4) is 5.75 Å². The van der Waals surface area contributed by atoms with Gasteiger partial charge >= 0.3 is 0 Å². The van der Waals surface area contributed by atoms with Crippen LogP contribution in [0.15, 0.2) is 48.5 Å². The fraction of sp³-hybridized carbons (Fsp3) is 0.294. The number of ether oxygens (including phenoxy) is 1. The second kappa shape index (κ2) is 6.95. The molecule has 0 saturated carbocycles. The monoisotopic (exact) mass is 255 g/mol. The van der Waals surface area contributed by atoms with Crippen LogP contribution in [0.25, 0.3) is 0 Å². The molecular weight excluding hydrogens is 234 g/mol. The molecule has 0 unspecified atom stereocenters. The minimum absolute atomic E-state index is 0.621. The second-order valence-corrected chi connectivity index (χ2v) is 4.72. The molecule has 0 spiro atoms. The second-order valence-electron chi connectivity index (χ2n) is 4.72. The van der Waals surface area contributed by atoms with Crippen molar-refractivity contribution in [3.05, 3.63) is 65.2 Å². The van der Waals surface area contributed by atoms with Crippen molar-refractivity contribution in [1.82, 2.24) is 5.32 Å². The van der Waals surface area contributed by atoms with E-state index in [9.17, 15) is 0 Å². The van der Waals surface area contributed by atoms with Gasteiger partial charge in [0, 0.05) is 0 Å². The summed E-state index contributed by atoms with van der Waals surface area (Å²) in [6, 6.07) is 16.6.